The molecule has 0 aliphatic carbocycles. The lowest BCUT2D eigenvalue weighted by atomic mass is 10.2. The molecule has 0 saturated heterocycles. The molecule has 1 aromatic rings. The quantitative estimate of drug-likeness (QED) is 0.761. The highest BCUT2D eigenvalue weighted by molar-refractivity contribution is 9.10. The third kappa shape index (κ3) is 2.85. The summed E-state index contributed by atoms with van der Waals surface area (Å²) in [5.41, 5.74) is 0.469. The van der Waals surface area contributed by atoms with Gasteiger partial charge in [-0.3, -0.25) is 4.68 Å². The average Bonchev–Trinajstić information content (AvgIpc) is 2.47. The Hall–Kier alpha value is -0.820. The van der Waals surface area contributed by atoms with E-state index in [0.717, 1.165) is 17.4 Å². The van der Waals surface area contributed by atoms with Gasteiger partial charge >= 0.3 is 0 Å². The Labute approximate surface area is 86.5 Å². The van der Waals surface area contributed by atoms with Gasteiger partial charge in [0.25, 0.3) is 0 Å². The molecule has 0 fully saturated rings. The highest BCUT2D eigenvalue weighted by Crippen LogP contribution is 2.13. The van der Waals surface area contributed by atoms with Crippen LogP contribution in [0, 0.1) is 11.3 Å². The molecule has 0 radical (unpaired) electrons. The number of hydrogen-bond donors (Lipinski definition) is 0. The molecule has 0 aliphatic rings. The molecule has 0 atom stereocenters. The smallest absolute Gasteiger partial charge is 0.176 e. The molecule has 3 nitrogen and oxygen atoms in total. The van der Waals surface area contributed by atoms with Gasteiger partial charge in [0.15, 0.2) is 5.69 Å². The molecule has 0 unspecified atom stereocenters. The van der Waals surface area contributed by atoms with E-state index in [4.69, 9.17) is 5.26 Å². The Morgan fingerprint density at radius 3 is 2.92 bits per heavy atom. The number of unbranched alkanes of at least 4 members (excludes halogenated alkanes) is 2. The number of nitriles is 1. The van der Waals surface area contributed by atoms with Crippen LogP contribution in [0.25, 0.3) is 0 Å². The predicted molar refractivity (Wildman–Crippen MR) is 54.2 cm³/mol. The molecule has 1 aromatic heterocycles. The standard InChI is InChI=1S/C9H12BrN3/c1-2-3-4-5-13-7-8(10)9(6-11)12-13/h7H,2-5H2,1H3. The van der Waals surface area contributed by atoms with E-state index in [9.17, 15) is 0 Å². The molecule has 70 valence electrons. The highest BCUT2D eigenvalue weighted by atomic mass is 79.9. The molecule has 1 rings (SSSR count). The van der Waals surface area contributed by atoms with Crippen LogP contribution >= 0.6 is 15.9 Å². The van der Waals surface area contributed by atoms with Crippen molar-refractivity contribution >= 4 is 15.9 Å². The number of aryl methyl sites for hydroxylation is 1. The largest absolute Gasteiger partial charge is 0.270 e. The average molecular weight is 242 g/mol. The van der Waals surface area contributed by atoms with E-state index in [1.54, 1.807) is 0 Å². The van der Waals surface area contributed by atoms with Gasteiger partial charge in [-0.15, -0.1) is 0 Å². The van der Waals surface area contributed by atoms with Crippen LogP contribution in [0.5, 0.6) is 0 Å². The minimum absolute atomic E-state index is 0.469. The Bertz CT molecular complexity index is 311. The summed E-state index contributed by atoms with van der Waals surface area (Å²) >= 11 is 3.28. The summed E-state index contributed by atoms with van der Waals surface area (Å²) in [4.78, 5) is 0. The van der Waals surface area contributed by atoms with E-state index in [0.29, 0.717) is 5.69 Å². The van der Waals surface area contributed by atoms with Crippen molar-refractivity contribution in [3.8, 4) is 6.07 Å². The Balaban J connectivity index is 2.54. The van der Waals surface area contributed by atoms with Crippen molar-refractivity contribution in [2.75, 3.05) is 0 Å². The van der Waals surface area contributed by atoms with Crippen LogP contribution in [-0.4, -0.2) is 9.78 Å². The molecular formula is C9H12BrN3. The van der Waals surface area contributed by atoms with Crippen LogP contribution in [0.15, 0.2) is 10.7 Å². The van der Waals surface area contributed by atoms with Crippen molar-refractivity contribution in [2.24, 2.45) is 0 Å². The van der Waals surface area contributed by atoms with E-state index >= 15 is 0 Å². The number of hydrogen-bond acceptors (Lipinski definition) is 2. The monoisotopic (exact) mass is 241 g/mol. The van der Waals surface area contributed by atoms with Crippen molar-refractivity contribution in [1.29, 1.82) is 5.26 Å². The van der Waals surface area contributed by atoms with Crippen molar-refractivity contribution in [3.63, 3.8) is 0 Å². The fraction of sp³-hybridized carbons (Fsp3) is 0.556. The zero-order valence-corrected chi connectivity index (χ0v) is 9.21. The van der Waals surface area contributed by atoms with E-state index in [2.05, 4.69) is 28.0 Å². The van der Waals surface area contributed by atoms with Crippen molar-refractivity contribution < 1.29 is 0 Å². The second kappa shape index (κ2) is 5.03. The van der Waals surface area contributed by atoms with Gasteiger partial charge < -0.3 is 0 Å². The minimum Gasteiger partial charge on any atom is -0.270 e. The molecule has 0 spiro atoms. The van der Waals surface area contributed by atoms with Gasteiger partial charge in [0.05, 0.1) is 4.47 Å². The van der Waals surface area contributed by atoms with E-state index in [1.165, 1.54) is 12.8 Å². The third-order valence-electron chi connectivity index (χ3n) is 1.81. The molecule has 0 aliphatic heterocycles. The summed E-state index contributed by atoms with van der Waals surface area (Å²) in [5, 5.41) is 12.8. The summed E-state index contributed by atoms with van der Waals surface area (Å²) in [5.74, 6) is 0. The normalized spacial score (nSPS) is 9.92. The van der Waals surface area contributed by atoms with Gasteiger partial charge in [0.2, 0.25) is 0 Å². The van der Waals surface area contributed by atoms with E-state index in [-0.39, 0.29) is 0 Å². The molecule has 0 aromatic carbocycles. The SMILES string of the molecule is CCCCCn1cc(Br)c(C#N)n1. The summed E-state index contributed by atoms with van der Waals surface area (Å²) in [6.45, 7) is 3.06. The number of nitrogens with zero attached hydrogens (tertiary/aromatic N) is 3. The first-order valence-electron chi connectivity index (χ1n) is 4.41. The van der Waals surface area contributed by atoms with Crippen LogP contribution in [0.4, 0.5) is 0 Å². The van der Waals surface area contributed by atoms with Gasteiger partial charge in [-0.2, -0.15) is 10.4 Å². The Morgan fingerprint density at radius 2 is 2.38 bits per heavy atom. The lowest BCUT2D eigenvalue weighted by Crippen LogP contribution is -1.98. The summed E-state index contributed by atoms with van der Waals surface area (Å²) < 4.78 is 2.60. The zero-order chi connectivity index (χ0) is 9.68. The molecule has 13 heavy (non-hydrogen) atoms. The van der Waals surface area contributed by atoms with Crippen LogP contribution in [0.2, 0.25) is 0 Å². The second-order valence-electron chi connectivity index (χ2n) is 2.91. The summed E-state index contributed by atoms with van der Waals surface area (Å²) in [7, 11) is 0. The molecule has 1 heterocycles. The molecule has 0 amide bonds. The van der Waals surface area contributed by atoms with Crippen LogP contribution in [-0.2, 0) is 6.54 Å². The lowest BCUT2D eigenvalue weighted by Gasteiger charge is -1.98. The molecular weight excluding hydrogens is 230 g/mol. The molecule has 0 saturated carbocycles. The first-order chi connectivity index (χ1) is 6.27. The van der Waals surface area contributed by atoms with Crippen molar-refractivity contribution in [1.82, 2.24) is 9.78 Å². The molecule has 0 N–H and O–H groups in total. The first-order valence-corrected chi connectivity index (χ1v) is 5.20. The minimum atomic E-state index is 0.469. The van der Waals surface area contributed by atoms with Gasteiger partial charge in [0, 0.05) is 12.7 Å². The fourth-order valence-electron chi connectivity index (χ4n) is 1.11. The topological polar surface area (TPSA) is 41.6 Å². The summed E-state index contributed by atoms with van der Waals surface area (Å²) in [6.07, 6.45) is 5.39. The van der Waals surface area contributed by atoms with E-state index in [1.807, 2.05) is 16.9 Å². The molecule has 4 heteroatoms. The van der Waals surface area contributed by atoms with Gasteiger partial charge in [-0.1, -0.05) is 19.8 Å². The Kier molecular flexibility index (Phi) is 3.97. The fourth-order valence-corrected chi connectivity index (χ4v) is 1.52. The van der Waals surface area contributed by atoms with Crippen LogP contribution in [0.1, 0.15) is 31.9 Å². The van der Waals surface area contributed by atoms with Crippen LogP contribution in [0.3, 0.4) is 0 Å². The van der Waals surface area contributed by atoms with Gasteiger partial charge in [-0.05, 0) is 22.4 Å². The number of rotatable bonds is 4. The lowest BCUT2D eigenvalue weighted by molar-refractivity contribution is 0.552. The van der Waals surface area contributed by atoms with Crippen molar-refractivity contribution in [2.45, 2.75) is 32.7 Å². The first kappa shape index (κ1) is 10.3. The number of aromatic nitrogens is 2. The second-order valence-corrected chi connectivity index (χ2v) is 3.76. The van der Waals surface area contributed by atoms with Crippen LogP contribution < -0.4 is 0 Å². The third-order valence-corrected chi connectivity index (χ3v) is 2.39. The highest BCUT2D eigenvalue weighted by Gasteiger charge is 2.03. The molecule has 0 bridgehead atoms. The Morgan fingerprint density at radius 1 is 1.62 bits per heavy atom. The zero-order valence-electron chi connectivity index (χ0n) is 7.63. The van der Waals surface area contributed by atoms with E-state index < -0.39 is 0 Å². The predicted octanol–water partition coefficient (Wildman–Crippen LogP) is 2.71. The summed E-state index contributed by atoms with van der Waals surface area (Å²) in [6, 6.07) is 2.03. The maximum absolute atomic E-state index is 8.65. The van der Waals surface area contributed by atoms with Gasteiger partial charge in [0.1, 0.15) is 6.07 Å². The maximum Gasteiger partial charge on any atom is 0.176 e. The van der Waals surface area contributed by atoms with Gasteiger partial charge in [-0.25, -0.2) is 0 Å². The van der Waals surface area contributed by atoms with Crippen molar-refractivity contribution in [3.05, 3.63) is 16.4 Å². The number of halogens is 1. The maximum atomic E-state index is 8.65.